The van der Waals surface area contributed by atoms with E-state index < -0.39 is 24.4 Å². The second kappa shape index (κ2) is 5.83. The molecule has 20 heavy (non-hydrogen) atoms. The zero-order chi connectivity index (χ0) is 14.1. The summed E-state index contributed by atoms with van der Waals surface area (Å²) in [6, 6.07) is 9.49. The van der Waals surface area contributed by atoms with Gasteiger partial charge in [0.2, 0.25) is 0 Å². The first-order chi connectivity index (χ1) is 9.69. The van der Waals surface area contributed by atoms with Crippen LogP contribution in [-0.2, 0) is 11.2 Å². The first kappa shape index (κ1) is 14.0. The average Bonchev–Trinajstić information content (AvgIpc) is 2.86. The van der Waals surface area contributed by atoms with Gasteiger partial charge in [0.05, 0.1) is 11.7 Å². The molecule has 0 aliphatic carbocycles. The first-order valence-corrected chi connectivity index (χ1v) is 7.46. The van der Waals surface area contributed by atoms with Crippen molar-refractivity contribution in [2.24, 2.45) is 4.99 Å². The number of nitrogens with zero attached hydrogens (tertiary/aromatic N) is 1. The van der Waals surface area contributed by atoms with Crippen molar-refractivity contribution in [3.05, 3.63) is 35.9 Å². The van der Waals surface area contributed by atoms with Crippen LogP contribution in [0.5, 0.6) is 0 Å². The van der Waals surface area contributed by atoms with Gasteiger partial charge < -0.3 is 20.1 Å². The molecule has 1 aromatic rings. The van der Waals surface area contributed by atoms with Crippen molar-refractivity contribution in [2.75, 3.05) is 6.61 Å². The van der Waals surface area contributed by atoms with Crippen LogP contribution in [0.3, 0.4) is 0 Å². The van der Waals surface area contributed by atoms with Crippen LogP contribution in [0.25, 0.3) is 0 Å². The summed E-state index contributed by atoms with van der Waals surface area (Å²) >= 11 is 1.46. The molecule has 1 aromatic carbocycles. The summed E-state index contributed by atoms with van der Waals surface area (Å²) < 4.78 is 5.60. The number of thioether (sulfide) groups is 1. The van der Waals surface area contributed by atoms with Crippen molar-refractivity contribution in [1.82, 2.24) is 0 Å². The molecule has 0 radical (unpaired) electrons. The molecule has 2 heterocycles. The van der Waals surface area contributed by atoms with Crippen molar-refractivity contribution < 1.29 is 20.1 Å². The van der Waals surface area contributed by atoms with E-state index in [1.807, 2.05) is 30.3 Å². The molecule has 0 aromatic heterocycles. The fraction of sp³-hybridized carbons (Fsp3) is 0.500. The molecular weight excluding hydrogens is 278 g/mol. The number of fused-ring (bicyclic) bond motifs is 1. The Labute approximate surface area is 121 Å². The highest BCUT2D eigenvalue weighted by Gasteiger charge is 2.47. The number of aliphatic hydroxyl groups is 3. The van der Waals surface area contributed by atoms with E-state index in [1.165, 1.54) is 11.8 Å². The van der Waals surface area contributed by atoms with Gasteiger partial charge in [0.15, 0.2) is 0 Å². The summed E-state index contributed by atoms with van der Waals surface area (Å²) in [6.07, 6.45) is -2.15. The van der Waals surface area contributed by atoms with Crippen LogP contribution in [0.2, 0.25) is 0 Å². The summed E-state index contributed by atoms with van der Waals surface area (Å²) in [5.74, 6) is 0. The molecule has 5 atom stereocenters. The highest BCUT2D eigenvalue weighted by molar-refractivity contribution is 8.14. The molecular formula is C14H17NO4S. The fourth-order valence-electron chi connectivity index (χ4n) is 2.49. The molecule has 2 aliphatic heterocycles. The highest BCUT2D eigenvalue weighted by Crippen LogP contribution is 2.37. The van der Waals surface area contributed by atoms with E-state index in [2.05, 4.69) is 4.99 Å². The van der Waals surface area contributed by atoms with Gasteiger partial charge in [-0.05, 0) is 5.56 Å². The van der Waals surface area contributed by atoms with Gasteiger partial charge in [0.1, 0.15) is 29.8 Å². The molecule has 0 bridgehead atoms. The number of aliphatic hydroxyl groups excluding tert-OH is 3. The van der Waals surface area contributed by atoms with Crippen molar-refractivity contribution in [3.8, 4) is 0 Å². The first-order valence-electron chi connectivity index (χ1n) is 6.59. The summed E-state index contributed by atoms with van der Waals surface area (Å²) in [4.78, 5) is 4.47. The largest absolute Gasteiger partial charge is 0.394 e. The highest BCUT2D eigenvalue weighted by atomic mass is 32.2. The quantitative estimate of drug-likeness (QED) is 0.741. The van der Waals surface area contributed by atoms with Gasteiger partial charge in [-0.15, -0.1) is 0 Å². The third-order valence-electron chi connectivity index (χ3n) is 3.59. The van der Waals surface area contributed by atoms with Crippen molar-refractivity contribution in [1.29, 1.82) is 0 Å². The summed E-state index contributed by atoms with van der Waals surface area (Å²) in [5, 5.41) is 30.0. The molecule has 1 unspecified atom stereocenters. The second-order valence-electron chi connectivity index (χ2n) is 5.00. The van der Waals surface area contributed by atoms with E-state index in [-0.39, 0.29) is 12.0 Å². The number of hydrogen-bond donors (Lipinski definition) is 3. The smallest absolute Gasteiger partial charge is 0.134 e. The maximum Gasteiger partial charge on any atom is 0.134 e. The molecule has 3 rings (SSSR count). The predicted octanol–water partition coefficient (Wildman–Crippen LogP) is 0.182. The van der Waals surface area contributed by atoms with E-state index in [1.54, 1.807) is 0 Å². The van der Waals surface area contributed by atoms with Crippen LogP contribution in [0.15, 0.2) is 35.3 Å². The van der Waals surface area contributed by atoms with Crippen LogP contribution in [0, 0.1) is 0 Å². The maximum atomic E-state index is 10.1. The number of hydrogen-bond acceptors (Lipinski definition) is 6. The van der Waals surface area contributed by atoms with Crippen LogP contribution >= 0.6 is 11.8 Å². The van der Waals surface area contributed by atoms with Crippen molar-refractivity contribution in [3.63, 3.8) is 0 Å². The molecule has 0 saturated carbocycles. The van der Waals surface area contributed by atoms with Crippen LogP contribution < -0.4 is 0 Å². The predicted molar refractivity (Wildman–Crippen MR) is 76.7 cm³/mol. The van der Waals surface area contributed by atoms with E-state index in [0.717, 1.165) is 10.6 Å². The molecule has 6 heteroatoms. The van der Waals surface area contributed by atoms with Crippen molar-refractivity contribution >= 4 is 16.8 Å². The summed E-state index contributed by atoms with van der Waals surface area (Å²) in [5.41, 5.74) is 0.815. The van der Waals surface area contributed by atoms with E-state index in [0.29, 0.717) is 6.42 Å². The van der Waals surface area contributed by atoms with E-state index >= 15 is 0 Å². The minimum atomic E-state index is -1.10. The minimum Gasteiger partial charge on any atom is -0.394 e. The molecule has 5 nitrogen and oxygen atoms in total. The molecule has 1 saturated heterocycles. The van der Waals surface area contributed by atoms with E-state index in [4.69, 9.17) is 9.84 Å². The number of benzene rings is 1. The zero-order valence-corrected chi connectivity index (χ0v) is 11.6. The zero-order valence-electron chi connectivity index (χ0n) is 10.8. The lowest BCUT2D eigenvalue weighted by Crippen LogP contribution is -2.55. The Bertz CT molecular complexity index is 495. The lowest BCUT2D eigenvalue weighted by molar-refractivity contribution is -0.164. The van der Waals surface area contributed by atoms with Crippen LogP contribution in [0.1, 0.15) is 5.56 Å². The Morgan fingerprint density at radius 3 is 2.60 bits per heavy atom. The minimum absolute atomic E-state index is 0.309. The number of rotatable bonds is 3. The third-order valence-corrected chi connectivity index (χ3v) is 4.74. The maximum absolute atomic E-state index is 10.1. The van der Waals surface area contributed by atoms with Gasteiger partial charge in [-0.3, -0.25) is 4.99 Å². The van der Waals surface area contributed by atoms with Crippen molar-refractivity contribution in [2.45, 2.75) is 36.2 Å². The summed E-state index contributed by atoms with van der Waals surface area (Å²) in [7, 11) is 0. The number of aliphatic imine (C=N–C) groups is 1. The second-order valence-corrected chi connectivity index (χ2v) is 6.17. The van der Waals surface area contributed by atoms with Gasteiger partial charge in [-0.1, -0.05) is 42.1 Å². The molecule has 1 fully saturated rings. The van der Waals surface area contributed by atoms with Crippen LogP contribution in [0.4, 0.5) is 0 Å². The van der Waals surface area contributed by atoms with Gasteiger partial charge >= 0.3 is 0 Å². The topological polar surface area (TPSA) is 82.3 Å². The van der Waals surface area contributed by atoms with Crippen LogP contribution in [-0.4, -0.2) is 56.8 Å². The number of ether oxygens (including phenoxy) is 1. The van der Waals surface area contributed by atoms with Gasteiger partial charge in [0, 0.05) is 6.42 Å². The summed E-state index contributed by atoms with van der Waals surface area (Å²) in [6.45, 7) is -0.309. The normalized spacial score (nSPS) is 36.5. The Kier molecular flexibility index (Phi) is 4.09. The Morgan fingerprint density at radius 2 is 1.90 bits per heavy atom. The third kappa shape index (κ3) is 2.62. The molecule has 0 spiro atoms. The standard InChI is InChI=1S/C14H17NO4S/c16-7-9-12(17)13(18)11-14(19-9)20-10(15-11)6-8-4-2-1-3-5-8/h1-5,9,11-14,16-18H,6-7H2/t9-,11?,12-,13-,14+/m1/s1. The monoisotopic (exact) mass is 295 g/mol. The molecule has 0 amide bonds. The Balaban J connectivity index is 1.72. The molecule has 2 aliphatic rings. The van der Waals surface area contributed by atoms with Gasteiger partial charge in [-0.2, -0.15) is 0 Å². The van der Waals surface area contributed by atoms with Gasteiger partial charge in [-0.25, -0.2) is 0 Å². The average molecular weight is 295 g/mol. The lowest BCUT2D eigenvalue weighted by Gasteiger charge is -2.37. The lowest BCUT2D eigenvalue weighted by atomic mass is 9.99. The Hall–Kier alpha value is -0.920. The fourth-order valence-corrected chi connectivity index (χ4v) is 3.75. The van der Waals surface area contributed by atoms with E-state index in [9.17, 15) is 10.2 Å². The molecule has 3 N–H and O–H groups in total. The SMILES string of the molecule is OC[C@H]1O[C@H]2SC(Cc3ccccc3)=NC2[C@@H](O)[C@@H]1O. The Morgan fingerprint density at radius 1 is 1.15 bits per heavy atom. The molecule has 108 valence electrons. The van der Waals surface area contributed by atoms with Gasteiger partial charge in [0.25, 0.3) is 0 Å².